The maximum Gasteiger partial charge on any atom is 0.329 e. The minimum Gasteiger partial charge on any atom is -0.491 e. The fraction of sp³-hybridized carbons (Fsp3) is 0.261. The average Bonchev–Trinajstić information content (AvgIpc) is 3.20. The van der Waals surface area contributed by atoms with E-state index in [9.17, 15) is 14.7 Å². The molecular formula is C23H25N7O4. The third-order valence-corrected chi connectivity index (χ3v) is 5.21. The third-order valence-electron chi connectivity index (χ3n) is 5.21. The van der Waals surface area contributed by atoms with Gasteiger partial charge in [0.15, 0.2) is 11.2 Å². The quantitative estimate of drug-likeness (QED) is 0.251. The Kier molecular flexibility index (Phi) is 6.83. The number of hydrogen-bond donors (Lipinski definition) is 3. The van der Waals surface area contributed by atoms with E-state index in [1.807, 2.05) is 37.3 Å². The van der Waals surface area contributed by atoms with Crippen LogP contribution in [0.25, 0.3) is 11.2 Å². The van der Waals surface area contributed by atoms with Crippen molar-refractivity contribution in [1.82, 2.24) is 24.1 Å². The molecule has 1 atom stereocenters. The standard InChI is InChI=1S/C23H25N7O4/c1-3-15-6-4-8-18(10-15)34-14-17(31)13-30-19-20(29(2)23(33)27-21(19)32)26-22(30)28-25-12-16-7-5-9-24-11-16/h4-12,17,31H,3,13-14H2,1-2H3,(H,26,28)(H,27,32,33)/b25-12+/t17-/m1/s1. The molecule has 4 aromatic rings. The van der Waals surface area contributed by atoms with Crippen LogP contribution in [-0.4, -0.2) is 48.1 Å². The summed E-state index contributed by atoms with van der Waals surface area (Å²) < 4.78 is 8.44. The van der Waals surface area contributed by atoms with E-state index in [0.29, 0.717) is 5.75 Å². The van der Waals surface area contributed by atoms with Crippen molar-refractivity contribution in [1.29, 1.82) is 0 Å². The molecular weight excluding hydrogens is 438 g/mol. The lowest BCUT2D eigenvalue weighted by Gasteiger charge is -2.15. The van der Waals surface area contributed by atoms with Gasteiger partial charge < -0.3 is 14.4 Å². The summed E-state index contributed by atoms with van der Waals surface area (Å²) in [5.41, 5.74) is 3.76. The number of hydrogen-bond acceptors (Lipinski definition) is 8. The second kappa shape index (κ2) is 10.1. The van der Waals surface area contributed by atoms with Gasteiger partial charge in [0.2, 0.25) is 5.95 Å². The maximum absolute atomic E-state index is 12.6. The number of aromatic amines is 1. The largest absolute Gasteiger partial charge is 0.491 e. The Balaban J connectivity index is 1.60. The van der Waals surface area contributed by atoms with Gasteiger partial charge in [-0.15, -0.1) is 0 Å². The van der Waals surface area contributed by atoms with Crippen LogP contribution in [0, 0.1) is 0 Å². The van der Waals surface area contributed by atoms with E-state index in [4.69, 9.17) is 4.74 Å². The fourth-order valence-corrected chi connectivity index (χ4v) is 3.43. The van der Waals surface area contributed by atoms with Crippen LogP contribution in [0.5, 0.6) is 5.75 Å². The number of aryl methyl sites for hydroxylation is 2. The van der Waals surface area contributed by atoms with Crippen LogP contribution >= 0.6 is 0 Å². The first-order chi connectivity index (χ1) is 16.5. The minimum absolute atomic E-state index is 0.00506. The molecule has 0 aliphatic heterocycles. The van der Waals surface area contributed by atoms with E-state index in [-0.39, 0.29) is 30.3 Å². The molecule has 34 heavy (non-hydrogen) atoms. The normalized spacial score (nSPS) is 12.3. The summed E-state index contributed by atoms with van der Waals surface area (Å²) >= 11 is 0. The molecule has 3 aromatic heterocycles. The van der Waals surface area contributed by atoms with Gasteiger partial charge in [-0.3, -0.25) is 19.3 Å². The zero-order chi connectivity index (χ0) is 24.1. The molecule has 3 N–H and O–H groups in total. The Morgan fingerprint density at radius 1 is 1.29 bits per heavy atom. The van der Waals surface area contributed by atoms with Gasteiger partial charge in [-0.2, -0.15) is 10.1 Å². The predicted octanol–water partition coefficient (Wildman–Crippen LogP) is 1.27. The summed E-state index contributed by atoms with van der Waals surface area (Å²) in [5.74, 6) is 0.836. The molecule has 0 radical (unpaired) electrons. The predicted molar refractivity (Wildman–Crippen MR) is 128 cm³/mol. The summed E-state index contributed by atoms with van der Waals surface area (Å²) in [6, 6.07) is 11.2. The van der Waals surface area contributed by atoms with Crippen LogP contribution in [0.2, 0.25) is 0 Å². The first kappa shape index (κ1) is 22.9. The molecule has 4 rings (SSSR count). The fourth-order valence-electron chi connectivity index (χ4n) is 3.43. The number of hydrazone groups is 1. The average molecular weight is 463 g/mol. The number of aromatic nitrogens is 5. The van der Waals surface area contributed by atoms with Crippen LogP contribution in [0.15, 0.2) is 63.5 Å². The molecule has 176 valence electrons. The topological polar surface area (TPSA) is 139 Å². The van der Waals surface area contributed by atoms with Crippen molar-refractivity contribution < 1.29 is 9.84 Å². The summed E-state index contributed by atoms with van der Waals surface area (Å²) in [7, 11) is 1.50. The molecule has 0 aliphatic rings. The van der Waals surface area contributed by atoms with Gasteiger partial charge in [0.1, 0.15) is 18.5 Å². The minimum atomic E-state index is -0.970. The summed E-state index contributed by atoms with van der Waals surface area (Å²) in [4.78, 5) is 35.3. The van der Waals surface area contributed by atoms with Crippen LogP contribution in [0.3, 0.4) is 0 Å². The number of pyridine rings is 1. The number of ether oxygens (including phenoxy) is 1. The summed E-state index contributed by atoms with van der Waals surface area (Å²) in [6.07, 6.45) is 4.73. The number of anilines is 1. The number of rotatable bonds is 9. The Labute approximate surface area is 194 Å². The van der Waals surface area contributed by atoms with Crippen LogP contribution in [0.4, 0.5) is 5.95 Å². The second-order valence-electron chi connectivity index (χ2n) is 7.66. The van der Waals surface area contributed by atoms with E-state index >= 15 is 0 Å². The lowest BCUT2D eigenvalue weighted by Crippen LogP contribution is -2.30. The third kappa shape index (κ3) is 5.04. The maximum atomic E-state index is 12.6. The van der Waals surface area contributed by atoms with Crippen molar-refractivity contribution in [2.75, 3.05) is 12.0 Å². The molecule has 11 nitrogen and oxygen atoms in total. The number of aliphatic hydroxyl groups excluding tert-OH is 1. The van der Waals surface area contributed by atoms with Crippen molar-refractivity contribution in [3.8, 4) is 5.75 Å². The number of aliphatic hydroxyl groups is 1. The number of nitrogens with zero attached hydrogens (tertiary/aromatic N) is 5. The van der Waals surface area contributed by atoms with Crippen LogP contribution in [0.1, 0.15) is 18.1 Å². The number of nitrogens with one attached hydrogen (secondary N) is 2. The van der Waals surface area contributed by atoms with Crippen molar-refractivity contribution in [3.05, 3.63) is 80.8 Å². The van der Waals surface area contributed by atoms with Gasteiger partial charge in [0.05, 0.1) is 12.8 Å². The molecule has 0 saturated carbocycles. The Hall–Kier alpha value is -4.25. The zero-order valence-corrected chi connectivity index (χ0v) is 18.8. The van der Waals surface area contributed by atoms with E-state index in [2.05, 4.69) is 25.5 Å². The van der Waals surface area contributed by atoms with Crippen molar-refractivity contribution in [2.45, 2.75) is 26.0 Å². The highest BCUT2D eigenvalue weighted by Crippen LogP contribution is 2.18. The molecule has 0 aliphatic carbocycles. The SMILES string of the molecule is CCc1cccc(OC[C@H](O)Cn2c(N/N=C/c3cccnc3)nc3c2c(=O)[nH]c(=O)n3C)c1. The molecule has 3 heterocycles. The van der Waals surface area contributed by atoms with Crippen molar-refractivity contribution >= 4 is 23.3 Å². The molecule has 1 aromatic carbocycles. The molecule has 0 saturated heterocycles. The second-order valence-corrected chi connectivity index (χ2v) is 7.66. The summed E-state index contributed by atoms with van der Waals surface area (Å²) in [6.45, 7) is 2.03. The highest BCUT2D eigenvalue weighted by atomic mass is 16.5. The zero-order valence-electron chi connectivity index (χ0n) is 18.8. The van der Waals surface area contributed by atoms with Crippen molar-refractivity contribution in [3.63, 3.8) is 0 Å². The van der Waals surface area contributed by atoms with E-state index in [0.717, 1.165) is 17.5 Å². The highest BCUT2D eigenvalue weighted by molar-refractivity contribution is 5.80. The monoisotopic (exact) mass is 463 g/mol. The molecule has 0 unspecified atom stereocenters. The van der Waals surface area contributed by atoms with Gasteiger partial charge in [0, 0.05) is 25.0 Å². The van der Waals surface area contributed by atoms with Crippen molar-refractivity contribution in [2.24, 2.45) is 12.1 Å². The Bertz CT molecular complexity index is 1420. The van der Waals surface area contributed by atoms with Gasteiger partial charge in [-0.05, 0) is 30.2 Å². The molecule has 0 amide bonds. The highest BCUT2D eigenvalue weighted by Gasteiger charge is 2.20. The van der Waals surface area contributed by atoms with Gasteiger partial charge >= 0.3 is 5.69 Å². The van der Waals surface area contributed by atoms with E-state index < -0.39 is 17.4 Å². The van der Waals surface area contributed by atoms with E-state index in [1.54, 1.807) is 24.7 Å². The van der Waals surface area contributed by atoms with Gasteiger partial charge in [-0.1, -0.05) is 25.1 Å². The molecule has 0 fully saturated rings. The Morgan fingerprint density at radius 2 is 2.15 bits per heavy atom. The lowest BCUT2D eigenvalue weighted by atomic mass is 10.2. The lowest BCUT2D eigenvalue weighted by molar-refractivity contribution is 0.0938. The van der Waals surface area contributed by atoms with Crippen LogP contribution < -0.4 is 21.4 Å². The number of H-pyrrole nitrogens is 1. The van der Waals surface area contributed by atoms with Gasteiger partial charge in [-0.25, -0.2) is 10.2 Å². The number of imidazole rings is 1. The smallest absolute Gasteiger partial charge is 0.329 e. The molecule has 0 bridgehead atoms. The first-order valence-corrected chi connectivity index (χ1v) is 10.7. The number of benzene rings is 1. The van der Waals surface area contributed by atoms with E-state index in [1.165, 1.54) is 16.2 Å². The summed E-state index contributed by atoms with van der Waals surface area (Å²) in [5, 5.41) is 14.8. The van der Waals surface area contributed by atoms with Gasteiger partial charge in [0.25, 0.3) is 5.56 Å². The first-order valence-electron chi connectivity index (χ1n) is 10.7. The Morgan fingerprint density at radius 3 is 2.91 bits per heavy atom. The molecule has 11 heteroatoms. The number of fused-ring (bicyclic) bond motifs is 1. The van der Waals surface area contributed by atoms with Crippen LogP contribution in [-0.2, 0) is 20.0 Å². The molecule has 0 spiro atoms.